The molecule has 2 aromatic rings. The summed E-state index contributed by atoms with van der Waals surface area (Å²) in [7, 11) is -4.05. The SMILES string of the molecule is NS(=O)(=O)c1ccc(N/N=C/c2ccc(Cl)c(Cl)c2)c([N+](=O)[O-])c1. The summed E-state index contributed by atoms with van der Waals surface area (Å²) in [6.07, 6.45) is 1.37. The van der Waals surface area contributed by atoms with Gasteiger partial charge in [0.1, 0.15) is 5.69 Å². The Morgan fingerprint density at radius 2 is 1.88 bits per heavy atom. The van der Waals surface area contributed by atoms with Gasteiger partial charge in [-0.1, -0.05) is 29.3 Å². The van der Waals surface area contributed by atoms with E-state index in [4.69, 9.17) is 28.3 Å². The summed E-state index contributed by atoms with van der Waals surface area (Å²) in [5.74, 6) is 0. The van der Waals surface area contributed by atoms with Crippen LogP contribution in [0.3, 0.4) is 0 Å². The third-order valence-electron chi connectivity index (χ3n) is 2.84. The van der Waals surface area contributed by atoms with Gasteiger partial charge in [-0.2, -0.15) is 5.10 Å². The smallest absolute Gasteiger partial charge is 0.272 e. The molecule has 0 aliphatic rings. The molecule has 0 unspecified atom stereocenters. The Bertz CT molecular complexity index is 932. The van der Waals surface area contributed by atoms with Crippen LogP contribution in [0.4, 0.5) is 11.4 Å². The molecular formula is C13H10Cl2N4O4S. The molecule has 126 valence electrons. The number of nitrogens with one attached hydrogen (secondary N) is 1. The molecule has 0 amide bonds. The van der Waals surface area contributed by atoms with Crippen LogP contribution in [0.1, 0.15) is 5.56 Å². The maximum atomic E-state index is 11.3. The van der Waals surface area contributed by atoms with Crippen molar-refractivity contribution in [2.24, 2.45) is 10.2 Å². The number of nitrogens with zero attached hydrogens (tertiary/aromatic N) is 2. The Morgan fingerprint density at radius 3 is 2.46 bits per heavy atom. The molecule has 2 aromatic carbocycles. The highest BCUT2D eigenvalue weighted by molar-refractivity contribution is 7.89. The van der Waals surface area contributed by atoms with Gasteiger partial charge in [-0.3, -0.25) is 15.5 Å². The molecule has 0 saturated heterocycles. The number of nitrogens with two attached hydrogens (primary N) is 1. The highest BCUT2D eigenvalue weighted by Crippen LogP contribution is 2.27. The van der Waals surface area contributed by atoms with E-state index in [1.165, 1.54) is 12.3 Å². The van der Waals surface area contributed by atoms with Crippen molar-refractivity contribution in [2.75, 3.05) is 5.43 Å². The highest BCUT2D eigenvalue weighted by Gasteiger charge is 2.18. The molecule has 0 bridgehead atoms. The van der Waals surface area contributed by atoms with Crippen LogP contribution in [0.25, 0.3) is 0 Å². The fourth-order valence-electron chi connectivity index (χ4n) is 1.70. The van der Waals surface area contributed by atoms with Crippen molar-refractivity contribution < 1.29 is 13.3 Å². The van der Waals surface area contributed by atoms with Gasteiger partial charge in [0, 0.05) is 6.07 Å². The predicted octanol–water partition coefficient (Wildman–Crippen LogP) is 3.00. The van der Waals surface area contributed by atoms with Crippen LogP contribution in [-0.2, 0) is 10.0 Å². The van der Waals surface area contributed by atoms with Crippen LogP contribution >= 0.6 is 23.2 Å². The summed E-state index contributed by atoms with van der Waals surface area (Å²) in [5, 5.41) is 20.6. The molecule has 0 fully saturated rings. The van der Waals surface area contributed by atoms with E-state index in [0.717, 1.165) is 12.1 Å². The lowest BCUT2D eigenvalue weighted by Gasteiger charge is -2.04. The zero-order valence-corrected chi connectivity index (χ0v) is 14.1. The van der Waals surface area contributed by atoms with Gasteiger partial charge in [0.2, 0.25) is 10.0 Å². The number of halogens is 2. The molecule has 0 radical (unpaired) electrons. The quantitative estimate of drug-likeness (QED) is 0.462. The fourth-order valence-corrected chi connectivity index (χ4v) is 2.54. The van der Waals surface area contributed by atoms with Crippen LogP contribution in [0, 0.1) is 10.1 Å². The first-order valence-electron chi connectivity index (χ1n) is 6.24. The van der Waals surface area contributed by atoms with Crippen molar-refractivity contribution in [3.05, 3.63) is 62.1 Å². The van der Waals surface area contributed by atoms with Crippen molar-refractivity contribution in [3.63, 3.8) is 0 Å². The summed E-state index contributed by atoms with van der Waals surface area (Å²) in [6, 6.07) is 7.98. The van der Waals surface area contributed by atoms with Gasteiger partial charge in [0.05, 0.1) is 26.1 Å². The first kappa shape index (κ1) is 18.1. The minimum Gasteiger partial charge on any atom is -0.272 e. The van der Waals surface area contributed by atoms with Crippen molar-refractivity contribution >= 4 is 50.8 Å². The van der Waals surface area contributed by atoms with E-state index in [9.17, 15) is 18.5 Å². The zero-order valence-electron chi connectivity index (χ0n) is 11.8. The lowest BCUT2D eigenvalue weighted by molar-refractivity contribution is -0.384. The number of hydrogen-bond acceptors (Lipinski definition) is 6. The topological polar surface area (TPSA) is 128 Å². The second-order valence-corrected chi connectivity index (χ2v) is 6.90. The molecule has 3 N–H and O–H groups in total. The first-order chi connectivity index (χ1) is 11.2. The number of hydrazone groups is 1. The molecule has 0 aliphatic carbocycles. The number of benzene rings is 2. The number of nitro groups is 1. The largest absolute Gasteiger partial charge is 0.295 e. The second kappa shape index (κ2) is 7.14. The molecule has 0 aromatic heterocycles. The number of sulfonamides is 1. The van der Waals surface area contributed by atoms with E-state index < -0.39 is 20.6 Å². The first-order valence-corrected chi connectivity index (χ1v) is 8.54. The van der Waals surface area contributed by atoms with Crippen molar-refractivity contribution in [3.8, 4) is 0 Å². The van der Waals surface area contributed by atoms with Crippen molar-refractivity contribution in [1.29, 1.82) is 0 Å². The summed E-state index contributed by atoms with van der Waals surface area (Å²) in [6.45, 7) is 0. The van der Waals surface area contributed by atoms with Crippen molar-refractivity contribution in [1.82, 2.24) is 0 Å². The van der Waals surface area contributed by atoms with Crippen LogP contribution < -0.4 is 10.6 Å². The van der Waals surface area contributed by atoms with Gasteiger partial charge in [-0.15, -0.1) is 0 Å². The van der Waals surface area contributed by atoms with E-state index in [-0.39, 0.29) is 10.6 Å². The van der Waals surface area contributed by atoms with Crippen molar-refractivity contribution in [2.45, 2.75) is 4.90 Å². The zero-order chi connectivity index (χ0) is 17.9. The Hall–Kier alpha value is -2.20. The Morgan fingerprint density at radius 1 is 1.17 bits per heavy atom. The number of rotatable bonds is 5. The lowest BCUT2D eigenvalue weighted by atomic mass is 10.2. The highest BCUT2D eigenvalue weighted by atomic mass is 35.5. The minimum absolute atomic E-state index is 0.00344. The van der Waals surface area contributed by atoms with E-state index in [0.29, 0.717) is 15.6 Å². The van der Waals surface area contributed by atoms with Gasteiger partial charge in [0.25, 0.3) is 5.69 Å². The average Bonchev–Trinajstić information content (AvgIpc) is 2.50. The number of nitro benzene ring substituents is 1. The monoisotopic (exact) mass is 388 g/mol. The Labute approximate surface area is 147 Å². The normalized spacial score (nSPS) is 11.6. The fraction of sp³-hybridized carbons (Fsp3) is 0. The summed E-state index contributed by atoms with van der Waals surface area (Å²) >= 11 is 11.7. The second-order valence-electron chi connectivity index (χ2n) is 4.52. The van der Waals surface area contributed by atoms with Gasteiger partial charge in [-0.05, 0) is 29.8 Å². The number of anilines is 1. The molecule has 11 heteroatoms. The maximum absolute atomic E-state index is 11.3. The summed E-state index contributed by atoms with van der Waals surface area (Å²) < 4.78 is 22.5. The lowest BCUT2D eigenvalue weighted by Crippen LogP contribution is -2.12. The van der Waals surface area contributed by atoms with Gasteiger partial charge < -0.3 is 0 Å². The van der Waals surface area contributed by atoms with E-state index in [1.54, 1.807) is 18.2 Å². The number of primary sulfonamides is 1. The predicted molar refractivity (Wildman–Crippen MR) is 92.1 cm³/mol. The molecular weight excluding hydrogens is 379 g/mol. The van der Waals surface area contributed by atoms with Gasteiger partial charge in [-0.25, -0.2) is 13.6 Å². The van der Waals surface area contributed by atoms with E-state index in [2.05, 4.69) is 10.5 Å². The number of hydrogen-bond donors (Lipinski definition) is 2. The molecule has 0 aliphatic heterocycles. The van der Waals surface area contributed by atoms with Gasteiger partial charge >= 0.3 is 0 Å². The third-order valence-corrected chi connectivity index (χ3v) is 4.49. The molecule has 0 saturated carbocycles. The molecule has 0 spiro atoms. The molecule has 8 nitrogen and oxygen atoms in total. The Kier molecular flexibility index (Phi) is 5.40. The van der Waals surface area contributed by atoms with Crippen LogP contribution in [0.15, 0.2) is 46.4 Å². The third kappa shape index (κ3) is 4.42. The molecule has 0 atom stereocenters. The van der Waals surface area contributed by atoms with Crippen LogP contribution in [0.2, 0.25) is 10.0 Å². The van der Waals surface area contributed by atoms with E-state index in [1.807, 2.05) is 0 Å². The average molecular weight is 389 g/mol. The summed E-state index contributed by atoms with van der Waals surface area (Å²) in [4.78, 5) is 9.95. The van der Waals surface area contributed by atoms with Gasteiger partial charge in [0.15, 0.2) is 0 Å². The maximum Gasteiger partial charge on any atom is 0.295 e. The Balaban J connectivity index is 2.27. The van der Waals surface area contributed by atoms with E-state index >= 15 is 0 Å². The summed E-state index contributed by atoms with van der Waals surface area (Å²) in [5.41, 5.74) is 2.61. The molecule has 2 rings (SSSR count). The molecule has 0 heterocycles. The molecule has 24 heavy (non-hydrogen) atoms. The minimum atomic E-state index is -4.05. The van der Waals surface area contributed by atoms with Crippen LogP contribution in [-0.4, -0.2) is 19.6 Å². The van der Waals surface area contributed by atoms with Crippen LogP contribution in [0.5, 0.6) is 0 Å². The standard InChI is InChI=1S/C13H10Cl2N4O4S/c14-10-3-1-8(5-11(10)15)7-17-18-12-4-2-9(24(16,22)23)6-13(12)19(20)21/h1-7,18H,(H2,16,22,23)/b17-7+.